The van der Waals surface area contributed by atoms with Gasteiger partial charge in [0.2, 0.25) is 0 Å². The van der Waals surface area contributed by atoms with Crippen LogP contribution < -0.4 is 11.1 Å². The van der Waals surface area contributed by atoms with Crippen molar-refractivity contribution in [3.05, 3.63) is 56.7 Å². The van der Waals surface area contributed by atoms with E-state index in [0.29, 0.717) is 17.1 Å². The molecule has 2 amide bonds. The molecule has 8 nitrogen and oxygen atoms in total. The van der Waals surface area contributed by atoms with E-state index in [-0.39, 0.29) is 16.5 Å². The van der Waals surface area contributed by atoms with Gasteiger partial charge in [0.1, 0.15) is 17.8 Å². The van der Waals surface area contributed by atoms with Gasteiger partial charge in [-0.05, 0) is 31.5 Å². The summed E-state index contributed by atoms with van der Waals surface area (Å²) in [6, 6.07) is 5.57. The Balaban J connectivity index is 2.11. The number of aromatic nitrogens is 4. The van der Waals surface area contributed by atoms with E-state index >= 15 is 0 Å². The third-order valence-electron chi connectivity index (χ3n) is 3.84. The van der Waals surface area contributed by atoms with Gasteiger partial charge in [-0.3, -0.25) is 19.3 Å². The Morgan fingerprint density at radius 1 is 1.35 bits per heavy atom. The summed E-state index contributed by atoms with van der Waals surface area (Å²) in [6.45, 7) is 3.58. The molecule has 0 aliphatic rings. The molecule has 26 heavy (non-hydrogen) atoms. The number of carbonyl (C=O) groups is 2. The molecule has 0 radical (unpaired) electrons. The molecule has 134 valence electrons. The quantitative estimate of drug-likeness (QED) is 0.581. The zero-order valence-electron chi connectivity index (χ0n) is 13.8. The van der Waals surface area contributed by atoms with Crippen LogP contribution in [-0.4, -0.2) is 31.6 Å². The fourth-order valence-corrected chi connectivity index (χ4v) is 2.93. The van der Waals surface area contributed by atoms with Crippen LogP contribution in [0.4, 0.5) is 5.82 Å². The van der Waals surface area contributed by atoms with Crippen LogP contribution in [0.3, 0.4) is 0 Å². The highest BCUT2D eigenvalue weighted by molar-refractivity contribution is 9.10. The molecule has 0 saturated heterocycles. The van der Waals surface area contributed by atoms with E-state index in [1.54, 1.807) is 6.92 Å². The normalized spacial score (nSPS) is 10.8. The fourth-order valence-electron chi connectivity index (χ4n) is 2.44. The number of H-pyrrole nitrogens is 1. The molecule has 10 heteroatoms. The molecular formula is C16H14BrClN6O2. The highest BCUT2D eigenvalue weighted by Gasteiger charge is 2.25. The van der Waals surface area contributed by atoms with Gasteiger partial charge in [-0.1, -0.05) is 33.6 Å². The number of aromatic amines is 1. The molecule has 3 aromatic rings. The Morgan fingerprint density at radius 2 is 2.08 bits per heavy atom. The van der Waals surface area contributed by atoms with Gasteiger partial charge < -0.3 is 11.1 Å². The summed E-state index contributed by atoms with van der Waals surface area (Å²) in [5.74, 6) is -1.05. The van der Waals surface area contributed by atoms with E-state index in [1.165, 1.54) is 10.9 Å². The van der Waals surface area contributed by atoms with Gasteiger partial charge in [0.05, 0.1) is 5.69 Å². The highest BCUT2D eigenvalue weighted by Crippen LogP contribution is 2.24. The van der Waals surface area contributed by atoms with Crippen molar-refractivity contribution in [2.45, 2.75) is 13.8 Å². The maximum absolute atomic E-state index is 12.9. The number of carbonyl (C=O) groups excluding carboxylic acids is 2. The first-order valence-electron chi connectivity index (χ1n) is 7.45. The number of halogens is 2. The lowest BCUT2D eigenvalue weighted by Crippen LogP contribution is -2.23. The molecule has 0 saturated carbocycles. The number of rotatable bonds is 4. The van der Waals surface area contributed by atoms with Crippen molar-refractivity contribution in [3.63, 3.8) is 0 Å². The molecule has 3 rings (SSSR count). The topological polar surface area (TPSA) is 119 Å². The summed E-state index contributed by atoms with van der Waals surface area (Å²) in [5.41, 5.74) is 7.42. The highest BCUT2D eigenvalue weighted by atomic mass is 79.9. The number of hydrogen-bond donors (Lipinski definition) is 3. The van der Waals surface area contributed by atoms with E-state index in [0.717, 1.165) is 10.0 Å². The second kappa shape index (κ2) is 6.93. The Morgan fingerprint density at radius 3 is 2.69 bits per heavy atom. The number of aryl methyl sites for hydroxylation is 1. The number of anilines is 1. The van der Waals surface area contributed by atoms with Crippen LogP contribution in [0.25, 0.3) is 5.69 Å². The van der Waals surface area contributed by atoms with Gasteiger partial charge in [-0.15, -0.1) is 0 Å². The van der Waals surface area contributed by atoms with E-state index in [1.807, 2.05) is 25.1 Å². The first kappa shape index (κ1) is 18.2. The summed E-state index contributed by atoms with van der Waals surface area (Å²) in [7, 11) is 0. The van der Waals surface area contributed by atoms with E-state index in [4.69, 9.17) is 17.3 Å². The third kappa shape index (κ3) is 3.23. The Bertz CT molecular complexity index is 1030. The van der Waals surface area contributed by atoms with Crippen LogP contribution in [0.2, 0.25) is 5.15 Å². The molecule has 4 N–H and O–H groups in total. The first-order chi connectivity index (χ1) is 12.3. The second-order valence-electron chi connectivity index (χ2n) is 5.58. The van der Waals surface area contributed by atoms with Crippen molar-refractivity contribution in [1.29, 1.82) is 0 Å². The molecule has 0 aliphatic carbocycles. The Labute approximate surface area is 161 Å². The molecule has 0 unspecified atom stereocenters. The molecular weight excluding hydrogens is 424 g/mol. The van der Waals surface area contributed by atoms with Crippen LogP contribution in [0, 0.1) is 13.8 Å². The van der Waals surface area contributed by atoms with Crippen LogP contribution in [0.5, 0.6) is 0 Å². The lowest BCUT2D eigenvalue weighted by atomic mass is 10.2. The summed E-state index contributed by atoms with van der Waals surface area (Å²) >= 11 is 9.30. The number of nitrogens with one attached hydrogen (secondary N) is 2. The van der Waals surface area contributed by atoms with E-state index in [2.05, 4.69) is 36.4 Å². The lowest BCUT2D eigenvalue weighted by Gasteiger charge is -2.12. The average Bonchev–Trinajstić information content (AvgIpc) is 3.16. The molecule has 0 atom stereocenters. The van der Waals surface area contributed by atoms with Crippen LogP contribution in [0.15, 0.2) is 29.0 Å². The molecule has 0 fully saturated rings. The van der Waals surface area contributed by atoms with Gasteiger partial charge in [-0.2, -0.15) is 5.10 Å². The summed E-state index contributed by atoms with van der Waals surface area (Å²) in [5, 5.41) is 9.34. The SMILES string of the molecule is Cc1ccc(Br)cc1-n1cnc(C(N)=O)c1C(=O)Nc1[nH]nc(Cl)c1C. The minimum atomic E-state index is -0.805. The number of benzene rings is 1. The summed E-state index contributed by atoms with van der Waals surface area (Å²) < 4.78 is 2.33. The number of nitrogens with zero attached hydrogens (tertiary/aromatic N) is 3. The maximum atomic E-state index is 12.9. The zero-order valence-corrected chi connectivity index (χ0v) is 16.1. The smallest absolute Gasteiger partial charge is 0.276 e. The standard InChI is InChI=1S/C16H14BrClN6O2/c1-7-3-4-9(17)5-10(7)24-6-20-11(14(19)25)12(24)16(26)21-15-8(2)13(18)22-23-15/h3-6H,1-2H3,(H2,19,25)(H2,21,22,23,26). The number of nitrogens with two attached hydrogens (primary N) is 1. The predicted molar refractivity (Wildman–Crippen MR) is 101 cm³/mol. The van der Waals surface area contributed by atoms with E-state index in [9.17, 15) is 9.59 Å². The molecule has 0 aliphatic heterocycles. The van der Waals surface area contributed by atoms with Gasteiger partial charge in [0, 0.05) is 10.0 Å². The lowest BCUT2D eigenvalue weighted by molar-refractivity contribution is 0.0971. The summed E-state index contributed by atoms with van der Waals surface area (Å²) in [6.07, 6.45) is 1.39. The maximum Gasteiger partial charge on any atom is 0.276 e. The van der Waals surface area contributed by atoms with E-state index < -0.39 is 11.8 Å². The fraction of sp³-hybridized carbons (Fsp3) is 0.125. The molecule has 0 bridgehead atoms. The van der Waals surface area contributed by atoms with Crippen molar-refractivity contribution >= 4 is 45.2 Å². The average molecular weight is 438 g/mol. The van der Waals surface area contributed by atoms with Crippen LogP contribution in [-0.2, 0) is 0 Å². The number of amides is 2. The second-order valence-corrected chi connectivity index (χ2v) is 6.85. The van der Waals surface area contributed by atoms with Crippen molar-refractivity contribution < 1.29 is 9.59 Å². The molecule has 2 heterocycles. The Kier molecular flexibility index (Phi) is 4.84. The minimum Gasteiger partial charge on any atom is -0.364 e. The monoisotopic (exact) mass is 436 g/mol. The zero-order chi connectivity index (χ0) is 19.0. The number of hydrogen-bond acceptors (Lipinski definition) is 4. The summed E-state index contributed by atoms with van der Waals surface area (Å²) in [4.78, 5) is 28.6. The number of imidazole rings is 1. The third-order valence-corrected chi connectivity index (χ3v) is 4.70. The minimum absolute atomic E-state index is 0.0174. The van der Waals surface area contributed by atoms with Gasteiger partial charge in [-0.25, -0.2) is 4.98 Å². The first-order valence-corrected chi connectivity index (χ1v) is 8.62. The largest absolute Gasteiger partial charge is 0.364 e. The van der Waals surface area contributed by atoms with Crippen molar-refractivity contribution in [3.8, 4) is 5.69 Å². The van der Waals surface area contributed by atoms with Crippen molar-refractivity contribution in [2.24, 2.45) is 5.73 Å². The van der Waals surface area contributed by atoms with Gasteiger partial charge in [0.15, 0.2) is 10.8 Å². The molecule has 2 aromatic heterocycles. The van der Waals surface area contributed by atoms with Crippen molar-refractivity contribution in [1.82, 2.24) is 19.7 Å². The predicted octanol–water partition coefficient (Wildman–Crippen LogP) is 2.98. The molecule has 0 spiro atoms. The van der Waals surface area contributed by atoms with Crippen LogP contribution >= 0.6 is 27.5 Å². The van der Waals surface area contributed by atoms with Crippen molar-refractivity contribution in [2.75, 3.05) is 5.32 Å². The van der Waals surface area contributed by atoms with Crippen LogP contribution in [0.1, 0.15) is 32.1 Å². The molecule has 1 aromatic carbocycles. The van der Waals surface area contributed by atoms with Gasteiger partial charge >= 0.3 is 0 Å². The number of primary amides is 1. The Hall–Kier alpha value is -2.65. The van der Waals surface area contributed by atoms with Gasteiger partial charge in [0.25, 0.3) is 11.8 Å².